The Morgan fingerprint density at radius 2 is 2.12 bits per heavy atom. The molecule has 1 fully saturated rings. The van der Waals surface area contributed by atoms with E-state index in [1.165, 1.54) is 7.11 Å². The van der Waals surface area contributed by atoms with Gasteiger partial charge in [-0.05, 0) is 20.3 Å². The molecule has 3 N–H and O–H groups in total. The lowest BCUT2D eigenvalue weighted by molar-refractivity contribution is -0.149. The van der Waals surface area contributed by atoms with Gasteiger partial charge in [-0.25, -0.2) is 4.79 Å². The van der Waals surface area contributed by atoms with Crippen molar-refractivity contribution in [3.05, 3.63) is 0 Å². The molecule has 6 heteroatoms. The summed E-state index contributed by atoms with van der Waals surface area (Å²) in [6, 6.07) is -0.445. The third-order valence-electron chi connectivity index (χ3n) is 2.56. The lowest BCUT2D eigenvalue weighted by Crippen LogP contribution is -2.54. The number of ether oxygens (including phenoxy) is 1. The molecule has 0 saturated carbocycles. The monoisotopic (exact) mass is 230 g/mol. The first-order valence-corrected chi connectivity index (χ1v) is 5.18. The molecule has 2 unspecified atom stereocenters. The summed E-state index contributed by atoms with van der Waals surface area (Å²) >= 11 is 0. The zero-order valence-electron chi connectivity index (χ0n) is 9.74. The van der Waals surface area contributed by atoms with Crippen molar-refractivity contribution >= 4 is 11.9 Å². The lowest BCUT2D eigenvalue weighted by Gasteiger charge is -2.24. The molecule has 0 spiro atoms. The topological polar surface area (TPSA) is 87.7 Å². The van der Waals surface area contributed by atoms with Crippen LogP contribution in [0.25, 0.3) is 0 Å². The van der Waals surface area contributed by atoms with Crippen LogP contribution >= 0.6 is 0 Å². The highest BCUT2D eigenvalue weighted by Gasteiger charge is 2.35. The Hall–Kier alpha value is -1.14. The van der Waals surface area contributed by atoms with Crippen molar-refractivity contribution in [3.8, 4) is 0 Å². The molecular formula is C10H18N2O4. The van der Waals surface area contributed by atoms with Crippen LogP contribution < -0.4 is 10.6 Å². The fourth-order valence-electron chi connectivity index (χ4n) is 1.62. The molecule has 92 valence electrons. The quantitative estimate of drug-likeness (QED) is 0.529. The maximum atomic E-state index is 11.7. The van der Waals surface area contributed by atoms with Gasteiger partial charge < -0.3 is 20.5 Å². The van der Waals surface area contributed by atoms with Crippen molar-refractivity contribution in [2.24, 2.45) is 0 Å². The van der Waals surface area contributed by atoms with Crippen molar-refractivity contribution in [3.63, 3.8) is 0 Å². The highest BCUT2D eigenvalue weighted by Crippen LogP contribution is 2.10. The Morgan fingerprint density at radius 3 is 2.56 bits per heavy atom. The average molecular weight is 230 g/mol. The number of rotatable bonds is 3. The van der Waals surface area contributed by atoms with Crippen molar-refractivity contribution in [2.75, 3.05) is 13.7 Å². The third kappa shape index (κ3) is 2.93. The third-order valence-corrected chi connectivity index (χ3v) is 2.56. The van der Waals surface area contributed by atoms with E-state index in [9.17, 15) is 14.7 Å². The number of methoxy groups -OCH3 is 1. The highest BCUT2D eigenvalue weighted by molar-refractivity contribution is 5.89. The van der Waals surface area contributed by atoms with Crippen LogP contribution in [0, 0.1) is 0 Å². The standard InChI is InChI=1S/C10H18N2O4/c1-10(2,9(15)16-3)12-8(14)7-4-6(13)5-11-7/h6-7,11,13H,4-5H2,1-3H3,(H,12,14). The Kier molecular flexibility index (Phi) is 3.88. The van der Waals surface area contributed by atoms with Crippen LogP contribution in [0.4, 0.5) is 0 Å². The number of hydrogen-bond acceptors (Lipinski definition) is 5. The smallest absolute Gasteiger partial charge is 0.330 e. The van der Waals surface area contributed by atoms with Gasteiger partial charge in [0.2, 0.25) is 5.91 Å². The van der Waals surface area contributed by atoms with E-state index < -0.39 is 23.7 Å². The number of aliphatic hydroxyl groups is 1. The Labute approximate surface area is 94.3 Å². The van der Waals surface area contributed by atoms with Crippen molar-refractivity contribution < 1.29 is 19.4 Å². The van der Waals surface area contributed by atoms with E-state index in [-0.39, 0.29) is 5.91 Å². The van der Waals surface area contributed by atoms with Crippen LogP contribution in [0.2, 0.25) is 0 Å². The van der Waals surface area contributed by atoms with E-state index in [1.807, 2.05) is 0 Å². The van der Waals surface area contributed by atoms with Gasteiger partial charge in [-0.1, -0.05) is 0 Å². The Bertz CT molecular complexity index is 291. The molecule has 16 heavy (non-hydrogen) atoms. The Morgan fingerprint density at radius 1 is 1.50 bits per heavy atom. The summed E-state index contributed by atoms with van der Waals surface area (Å²) in [5.41, 5.74) is -1.05. The number of β-amino-alcohol motifs (C(OH)–C–C–N with tert-alkyl or cyclic N) is 1. The van der Waals surface area contributed by atoms with Crippen LogP contribution in [-0.2, 0) is 14.3 Å². The first-order chi connectivity index (χ1) is 7.36. The Balaban J connectivity index is 2.54. The lowest BCUT2D eigenvalue weighted by atomic mass is 10.0. The van der Waals surface area contributed by atoms with Gasteiger partial charge in [0.05, 0.1) is 19.3 Å². The molecule has 1 heterocycles. The SMILES string of the molecule is COC(=O)C(C)(C)NC(=O)C1CC(O)CN1. The van der Waals surface area contributed by atoms with Gasteiger partial charge in [0.25, 0.3) is 0 Å². The zero-order valence-corrected chi connectivity index (χ0v) is 9.74. The summed E-state index contributed by atoms with van der Waals surface area (Å²) < 4.78 is 4.58. The predicted octanol–water partition coefficient (Wildman–Crippen LogP) is -1.22. The van der Waals surface area contributed by atoms with Crippen LogP contribution in [0.15, 0.2) is 0 Å². The van der Waals surface area contributed by atoms with Crippen LogP contribution in [0.3, 0.4) is 0 Å². The zero-order chi connectivity index (χ0) is 12.3. The average Bonchev–Trinajstić information content (AvgIpc) is 2.63. The number of nitrogens with one attached hydrogen (secondary N) is 2. The molecule has 2 atom stereocenters. The fraction of sp³-hybridized carbons (Fsp3) is 0.800. The van der Waals surface area contributed by atoms with Gasteiger partial charge in [0.1, 0.15) is 5.54 Å². The summed E-state index contributed by atoms with van der Waals surface area (Å²) in [5.74, 6) is -0.800. The molecule has 1 saturated heterocycles. The highest BCUT2D eigenvalue weighted by atomic mass is 16.5. The predicted molar refractivity (Wildman–Crippen MR) is 56.7 cm³/mol. The largest absolute Gasteiger partial charge is 0.467 e. The first kappa shape index (κ1) is 12.9. The molecule has 1 amide bonds. The molecule has 0 aromatic heterocycles. The van der Waals surface area contributed by atoms with Gasteiger partial charge in [0, 0.05) is 6.54 Å². The first-order valence-electron chi connectivity index (χ1n) is 5.18. The second-order valence-electron chi connectivity index (χ2n) is 4.46. The van der Waals surface area contributed by atoms with E-state index in [0.717, 1.165) is 0 Å². The van der Waals surface area contributed by atoms with E-state index >= 15 is 0 Å². The van der Waals surface area contributed by atoms with Crippen LogP contribution in [-0.4, -0.2) is 48.3 Å². The van der Waals surface area contributed by atoms with Gasteiger partial charge >= 0.3 is 5.97 Å². The number of aliphatic hydroxyl groups excluding tert-OH is 1. The van der Waals surface area contributed by atoms with E-state index in [0.29, 0.717) is 13.0 Å². The molecule has 1 aliphatic heterocycles. The van der Waals surface area contributed by atoms with Gasteiger partial charge in [-0.2, -0.15) is 0 Å². The second-order valence-corrected chi connectivity index (χ2v) is 4.46. The molecule has 0 bridgehead atoms. The van der Waals surface area contributed by atoms with Gasteiger partial charge in [-0.15, -0.1) is 0 Å². The molecule has 0 aromatic carbocycles. The molecule has 1 rings (SSSR count). The number of carbonyl (C=O) groups is 2. The summed E-state index contributed by atoms with van der Waals surface area (Å²) in [6.07, 6.45) is -0.139. The summed E-state index contributed by atoms with van der Waals surface area (Å²) in [6.45, 7) is 3.54. The summed E-state index contributed by atoms with van der Waals surface area (Å²) in [4.78, 5) is 23.1. The number of carbonyl (C=O) groups excluding carboxylic acids is 2. The van der Waals surface area contributed by atoms with E-state index in [1.54, 1.807) is 13.8 Å². The van der Waals surface area contributed by atoms with E-state index in [4.69, 9.17) is 0 Å². The summed E-state index contributed by atoms with van der Waals surface area (Å²) in [5, 5.41) is 14.7. The van der Waals surface area contributed by atoms with E-state index in [2.05, 4.69) is 15.4 Å². The second kappa shape index (κ2) is 4.80. The molecule has 0 aromatic rings. The van der Waals surface area contributed by atoms with Crippen LogP contribution in [0.5, 0.6) is 0 Å². The minimum atomic E-state index is -1.05. The maximum absolute atomic E-state index is 11.7. The summed E-state index contributed by atoms with van der Waals surface area (Å²) in [7, 11) is 1.27. The molecule has 0 radical (unpaired) electrons. The van der Waals surface area contributed by atoms with Crippen molar-refractivity contribution in [1.82, 2.24) is 10.6 Å². The molecule has 0 aliphatic carbocycles. The molecular weight excluding hydrogens is 212 g/mol. The van der Waals surface area contributed by atoms with Gasteiger partial charge in [0.15, 0.2) is 0 Å². The molecule has 1 aliphatic rings. The normalized spacial score (nSPS) is 25.2. The molecule has 6 nitrogen and oxygen atoms in total. The number of esters is 1. The van der Waals surface area contributed by atoms with Gasteiger partial charge in [-0.3, -0.25) is 4.79 Å². The minimum absolute atomic E-state index is 0.299. The van der Waals surface area contributed by atoms with Crippen molar-refractivity contribution in [2.45, 2.75) is 38.0 Å². The number of hydrogen-bond donors (Lipinski definition) is 3. The number of amides is 1. The maximum Gasteiger partial charge on any atom is 0.330 e. The van der Waals surface area contributed by atoms with Crippen molar-refractivity contribution in [1.29, 1.82) is 0 Å². The fourth-order valence-corrected chi connectivity index (χ4v) is 1.62. The van der Waals surface area contributed by atoms with Crippen LogP contribution in [0.1, 0.15) is 20.3 Å². The minimum Gasteiger partial charge on any atom is -0.467 e.